The molecular formula is C14H19NO3S2. The Balaban J connectivity index is 1.83. The van der Waals surface area contributed by atoms with Crippen molar-refractivity contribution in [3.63, 3.8) is 0 Å². The summed E-state index contributed by atoms with van der Waals surface area (Å²) in [6.45, 7) is -0.164. The van der Waals surface area contributed by atoms with Gasteiger partial charge in [0.2, 0.25) is 5.91 Å². The quantitative estimate of drug-likeness (QED) is 0.841. The van der Waals surface area contributed by atoms with Gasteiger partial charge in [-0.2, -0.15) is 0 Å². The van der Waals surface area contributed by atoms with E-state index in [9.17, 15) is 9.59 Å². The topological polar surface area (TPSA) is 57.6 Å². The van der Waals surface area contributed by atoms with Gasteiger partial charge in [0, 0.05) is 16.7 Å². The highest BCUT2D eigenvalue weighted by Crippen LogP contribution is 2.24. The molecule has 1 aromatic heterocycles. The standard InChI is InChI=1S/C14H19NO3S2/c16-13(10-19-9-12-6-3-7-20-12)15(8-14(17)18)11-4-1-2-5-11/h3,6-7,11H,1-2,4-5,8-10H2,(H,17,18). The largest absolute Gasteiger partial charge is 0.480 e. The molecule has 1 fully saturated rings. The first-order chi connectivity index (χ1) is 9.66. The predicted molar refractivity (Wildman–Crippen MR) is 82.1 cm³/mol. The fraction of sp³-hybridized carbons (Fsp3) is 0.571. The molecule has 0 spiro atoms. The average molecular weight is 313 g/mol. The first-order valence-corrected chi connectivity index (χ1v) is 8.81. The van der Waals surface area contributed by atoms with Gasteiger partial charge in [-0.25, -0.2) is 0 Å². The second kappa shape index (κ2) is 7.69. The number of thiophene rings is 1. The van der Waals surface area contributed by atoms with Crippen molar-refractivity contribution >= 4 is 35.0 Å². The average Bonchev–Trinajstić information content (AvgIpc) is 3.08. The van der Waals surface area contributed by atoms with Gasteiger partial charge in [-0.05, 0) is 24.3 Å². The van der Waals surface area contributed by atoms with Gasteiger partial charge in [0.25, 0.3) is 0 Å². The van der Waals surface area contributed by atoms with Crippen LogP contribution in [0.5, 0.6) is 0 Å². The number of carboxylic acid groups (broad SMARTS) is 1. The van der Waals surface area contributed by atoms with Crippen LogP contribution in [0.1, 0.15) is 30.6 Å². The lowest BCUT2D eigenvalue weighted by atomic mass is 10.2. The Labute approximate surface area is 127 Å². The zero-order chi connectivity index (χ0) is 14.4. The van der Waals surface area contributed by atoms with Crippen LogP contribution in [0.3, 0.4) is 0 Å². The minimum atomic E-state index is -0.923. The molecular weight excluding hydrogens is 294 g/mol. The Kier molecular flexibility index (Phi) is 5.91. The number of carbonyl (C=O) groups is 2. The molecule has 0 aliphatic heterocycles. The number of hydrogen-bond donors (Lipinski definition) is 1. The Hall–Kier alpha value is -1.01. The summed E-state index contributed by atoms with van der Waals surface area (Å²) in [5.41, 5.74) is 0. The Bertz CT molecular complexity index is 441. The van der Waals surface area contributed by atoms with E-state index in [0.29, 0.717) is 5.75 Å². The van der Waals surface area contributed by atoms with E-state index in [2.05, 4.69) is 0 Å². The van der Waals surface area contributed by atoms with Crippen molar-refractivity contribution < 1.29 is 14.7 Å². The summed E-state index contributed by atoms with van der Waals surface area (Å²) in [5, 5.41) is 11.0. The van der Waals surface area contributed by atoms with Gasteiger partial charge in [-0.15, -0.1) is 23.1 Å². The minimum Gasteiger partial charge on any atom is -0.480 e. The lowest BCUT2D eigenvalue weighted by Crippen LogP contribution is -2.43. The molecule has 6 heteroatoms. The molecule has 20 heavy (non-hydrogen) atoms. The lowest BCUT2D eigenvalue weighted by molar-refractivity contribution is -0.145. The van der Waals surface area contributed by atoms with Crippen LogP contribution in [-0.2, 0) is 15.3 Å². The Morgan fingerprint density at radius 3 is 2.75 bits per heavy atom. The van der Waals surface area contributed by atoms with Crippen molar-refractivity contribution in [2.45, 2.75) is 37.5 Å². The van der Waals surface area contributed by atoms with E-state index in [1.807, 2.05) is 17.5 Å². The maximum Gasteiger partial charge on any atom is 0.323 e. The summed E-state index contributed by atoms with van der Waals surface area (Å²) in [5.74, 6) is 0.214. The van der Waals surface area contributed by atoms with Gasteiger partial charge in [-0.3, -0.25) is 9.59 Å². The molecule has 0 unspecified atom stereocenters. The van der Waals surface area contributed by atoms with Gasteiger partial charge in [0.1, 0.15) is 6.54 Å². The zero-order valence-corrected chi connectivity index (χ0v) is 12.9. The predicted octanol–water partition coefficient (Wildman–Crippen LogP) is 2.84. The fourth-order valence-corrected chi connectivity index (χ4v) is 4.25. The Morgan fingerprint density at radius 2 is 2.15 bits per heavy atom. The first kappa shape index (κ1) is 15.4. The summed E-state index contributed by atoms with van der Waals surface area (Å²) in [4.78, 5) is 26.0. The molecule has 0 aromatic carbocycles. The van der Waals surface area contributed by atoms with Crippen molar-refractivity contribution in [2.24, 2.45) is 0 Å². The molecule has 1 heterocycles. The van der Waals surface area contributed by atoms with Crippen LogP contribution in [0.2, 0.25) is 0 Å². The number of carboxylic acids is 1. The number of rotatable bonds is 7. The van der Waals surface area contributed by atoms with Crippen molar-refractivity contribution in [2.75, 3.05) is 12.3 Å². The normalized spacial score (nSPS) is 15.4. The van der Waals surface area contributed by atoms with Crippen LogP contribution in [0, 0.1) is 0 Å². The van der Waals surface area contributed by atoms with Gasteiger partial charge >= 0.3 is 5.97 Å². The van der Waals surface area contributed by atoms with Crippen LogP contribution in [0.25, 0.3) is 0 Å². The van der Waals surface area contributed by atoms with Crippen LogP contribution >= 0.6 is 23.1 Å². The van der Waals surface area contributed by atoms with E-state index in [-0.39, 0.29) is 18.5 Å². The molecule has 0 bridgehead atoms. The van der Waals surface area contributed by atoms with Crippen molar-refractivity contribution in [3.05, 3.63) is 22.4 Å². The van der Waals surface area contributed by atoms with Gasteiger partial charge in [0.15, 0.2) is 0 Å². The van der Waals surface area contributed by atoms with Crippen LogP contribution in [0.4, 0.5) is 0 Å². The van der Waals surface area contributed by atoms with Crippen LogP contribution in [-0.4, -0.2) is 40.2 Å². The van der Waals surface area contributed by atoms with Gasteiger partial charge < -0.3 is 10.0 Å². The molecule has 0 saturated heterocycles. The second-order valence-corrected chi connectivity index (χ2v) is 6.94. The molecule has 4 nitrogen and oxygen atoms in total. The van der Waals surface area contributed by atoms with E-state index in [1.165, 1.54) is 4.88 Å². The maximum absolute atomic E-state index is 12.2. The van der Waals surface area contributed by atoms with Crippen molar-refractivity contribution in [1.82, 2.24) is 4.90 Å². The summed E-state index contributed by atoms with van der Waals surface area (Å²) >= 11 is 3.24. The molecule has 2 rings (SSSR count). The summed E-state index contributed by atoms with van der Waals surface area (Å²) in [7, 11) is 0. The van der Waals surface area contributed by atoms with E-state index in [4.69, 9.17) is 5.11 Å². The fourth-order valence-electron chi connectivity index (χ4n) is 2.50. The van der Waals surface area contributed by atoms with Crippen LogP contribution < -0.4 is 0 Å². The summed E-state index contributed by atoms with van der Waals surface area (Å²) in [6, 6.07) is 4.17. The highest BCUT2D eigenvalue weighted by atomic mass is 32.2. The number of nitrogens with zero attached hydrogens (tertiary/aromatic N) is 1. The number of hydrogen-bond acceptors (Lipinski definition) is 4. The molecule has 0 radical (unpaired) electrons. The number of aliphatic carboxylic acids is 1. The number of thioether (sulfide) groups is 1. The molecule has 1 N–H and O–H groups in total. The summed E-state index contributed by atoms with van der Waals surface area (Å²) in [6.07, 6.45) is 4.07. The Morgan fingerprint density at radius 1 is 1.40 bits per heavy atom. The molecule has 1 aliphatic rings. The molecule has 1 aromatic rings. The monoisotopic (exact) mass is 313 g/mol. The van der Waals surface area contributed by atoms with E-state index < -0.39 is 5.97 Å². The third kappa shape index (κ3) is 4.52. The third-order valence-electron chi connectivity index (χ3n) is 3.44. The number of amides is 1. The molecule has 1 amide bonds. The molecule has 110 valence electrons. The molecule has 1 saturated carbocycles. The van der Waals surface area contributed by atoms with Crippen molar-refractivity contribution in [1.29, 1.82) is 0 Å². The maximum atomic E-state index is 12.2. The highest BCUT2D eigenvalue weighted by Gasteiger charge is 2.27. The van der Waals surface area contributed by atoms with Crippen LogP contribution in [0.15, 0.2) is 17.5 Å². The smallest absolute Gasteiger partial charge is 0.323 e. The third-order valence-corrected chi connectivity index (χ3v) is 5.47. The van der Waals surface area contributed by atoms with Gasteiger partial charge in [-0.1, -0.05) is 18.9 Å². The minimum absolute atomic E-state index is 0.0409. The first-order valence-electron chi connectivity index (χ1n) is 6.78. The van der Waals surface area contributed by atoms with E-state index >= 15 is 0 Å². The highest BCUT2D eigenvalue weighted by molar-refractivity contribution is 7.99. The van der Waals surface area contributed by atoms with Gasteiger partial charge in [0.05, 0.1) is 5.75 Å². The number of carbonyl (C=O) groups excluding carboxylic acids is 1. The van der Waals surface area contributed by atoms with E-state index in [0.717, 1.165) is 31.4 Å². The van der Waals surface area contributed by atoms with Crippen molar-refractivity contribution in [3.8, 4) is 0 Å². The zero-order valence-electron chi connectivity index (χ0n) is 11.3. The second-order valence-electron chi connectivity index (χ2n) is 4.93. The summed E-state index contributed by atoms with van der Waals surface area (Å²) < 4.78 is 0. The molecule has 1 aliphatic carbocycles. The molecule has 0 atom stereocenters. The SMILES string of the molecule is O=C(O)CN(C(=O)CSCc1cccs1)C1CCCC1. The lowest BCUT2D eigenvalue weighted by Gasteiger charge is -2.27. The van der Waals surface area contributed by atoms with E-state index in [1.54, 1.807) is 28.0 Å².